The quantitative estimate of drug-likeness (QED) is 0.630. The van der Waals surface area contributed by atoms with Crippen molar-refractivity contribution >= 4 is 33.4 Å². The third kappa shape index (κ3) is 3.52. The van der Waals surface area contributed by atoms with Crippen LogP contribution in [0, 0.1) is 0 Å². The van der Waals surface area contributed by atoms with E-state index in [9.17, 15) is 9.59 Å². The van der Waals surface area contributed by atoms with Gasteiger partial charge < -0.3 is 9.64 Å². The lowest BCUT2D eigenvalue weighted by atomic mass is 9.72. The highest BCUT2D eigenvalue weighted by Gasteiger charge is 2.44. The summed E-state index contributed by atoms with van der Waals surface area (Å²) >= 11 is 1.54. The number of hydrogen-bond acceptors (Lipinski definition) is 5. The molecule has 0 N–H and O–H groups in total. The number of hydrogen-bond donors (Lipinski definition) is 0. The fourth-order valence-electron chi connectivity index (χ4n) is 3.82. The van der Waals surface area contributed by atoms with Gasteiger partial charge in [0, 0.05) is 20.0 Å². The molecular formula is C22H22N2O3S. The van der Waals surface area contributed by atoms with Crippen molar-refractivity contribution in [2.24, 2.45) is 0 Å². The number of rotatable bonds is 4. The molecule has 0 unspecified atom stereocenters. The molecule has 1 aliphatic rings. The van der Waals surface area contributed by atoms with Crippen molar-refractivity contribution in [2.75, 3.05) is 13.1 Å². The molecule has 0 bridgehead atoms. The minimum absolute atomic E-state index is 0.0458. The van der Waals surface area contributed by atoms with E-state index in [-0.39, 0.29) is 18.5 Å². The van der Waals surface area contributed by atoms with Gasteiger partial charge in [-0.05, 0) is 30.5 Å². The molecule has 1 aliphatic heterocycles. The van der Waals surface area contributed by atoms with Crippen molar-refractivity contribution in [3.63, 3.8) is 0 Å². The second kappa shape index (κ2) is 7.72. The van der Waals surface area contributed by atoms with E-state index in [0.29, 0.717) is 25.9 Å². The molecule has 0 spiro atoms. The van der Waals surface area contributed by atoms with Gasteiger partial charge in [0.05, 0.1) is 15.6 Å². The third-order valence-electron chi connectivity index (χ3n) is 5.44. The molecule has 5 nitrogen and oxygen atoms in total. The lowest BCUT2D eigenvalue weighted by Gasteiger charge is -2.40. The number of esters is 1. The van der Waals surface area contributed by atoms with E-state index in [4.69, 9.17) is 4.74 Å². The van der Waals surface area contributed by atoms with Crippen molar-refractivity contribution in [2.45, 2.75) is 31.8 Å². The van der Waals surface area contributed by atoms with Gasteiger partial charge in [-0.25, -0.2) is 4.98 Å². The Morgan fingerprint density at radius 2 is 1.75 bits per heavy atom. The Morgan fingerprint density at radius 3 is 2.43 bits per heavy atom. The molecule has 1 aromatic heterocycles. The summed E-state index contributed by atoms with van der Waals surface area (Å²) in [7, 11) is 0. The van der Waals surface area contributed by atoms with Gasteiger partial charge in [0.2, 0.25) is 5.91 Å². The Labute approximate surface area is 168 Å². The van der Waals surface area contributed by atoms with Crippen LogP contribution in [0.25, 0.3) is 10.2 Å². The topological polar surface area (TPSA) is 59.5 Å². The van der Waals surface area contributed by atoms with Crippen molar-refractivity contribution < 1.29 is 14.3 Å². The number of fused-ring (bicyclic) bond motifs is 1. The lowest BCUT2D eigenvalue weighted by molar-refractivity contribution is -0.155. The number of thiazole rings is 1. The highest BCUT2D eigenvalue weighted by Crippen LogP contribution is 2.37. The molecule has 6 heteroatoms. The zero-order valence-electron chi connectivity index (χ0n) is 15.8. The van der Waals surface area contributed by atoms with Crippen molar-refractivity contribution in [1.29, 1.82) is 0 Å². The average Bonchev–Trinajstić information content (AvgIpc) is 3.15. The van der Waals surface area contributed by atoms with Gasteiger partial charge in [-0.2, -0.15) is 0 Å². The van der Waals surface area contributed by atoms with E-state index >= 15 is 0 Å². The van der Waals surface area contributed by atoms with Gasteiger partial charge in [0.1, 0.15) is 11.6 Å². The van der Waals surface area contributed by atoms with Gasteiger partial charge in [-0.15, -0.1) is 11.3 Å². The summed E-state index contributed by atoms with van der Waals surface area (Å²) in [5.74, 6) is -0.189. The van der Waals surface area contributed by atoms with Crippen LogP contribution in [0.15, 0.2) is 54.6 Å². The molecule has 2 heterocycles. The van der Waals surface area contributed by atoms with Crippen LogP contribution in [-0.2, 0) is 26.3 Å². The van der Waals surface area contributed by atoms with Crippen LogP contribution < -0.4 is 0 Å². The van der Waals surface area contributed by atoms with Crippen LogP contribution in [0.2, 0.25) is 0 Å². The average molecular weight is 394 g/mol. The lowest BCUT2D eigenvalue weighted by Crippen LogP contribution is -2.49. The number of ether oxygens (including phenoxy) is 1. The molecule has 0 radical (unpaired) electrons. The van der Waals surface area contributed by atoms with Gasteiger partial charge in [0.25, 0.3) is 0 Å². The number of carbonyl (C=O) groups is 2. The van der Waals surface area contributed by atoms with Crippen molar-refractivity contribution in [1.82, 2.24) is 9.88 Å². The largest absolute Gasteiger partial charge is 0.458 e. The van der Waals surface area contributed by atoms with E-state index < -0.39 is 5.41 Å². The number of nitrogens with zero attached hydrogens (tertiary/aromatic N) is 2. The smallest absolute Gasteiger partial charge is 0.317 e. The van der Waals surface area contributed by atoms with Gasteiger partial charge in [-0.3, -0.25) is 9.59 Å². The van der Waals surface area contributed by atoms with E-state index in [1.807, 2.05) is 54.6 Å². The molecule has 0 aliphatic carbocycles. The van der Waals surface area contributed by atoms with E-state index in [0.717, 1.165) is 20.8 Å². The Bertz CT molecular complexity index is 958. The molecular weight excluding hydrogens is 372 g/mol. The van der Waals surface area contributed by atoms with E-state index in [1.54, 1.807) is 23.2 Å². The maximum atomic E-state index is 13.2. The normalized spacial score (nSPS) is 16.1. The van der Waals surface area contributed by atoms with Gasteiger partial charge in [0.15, 0.2) is 0 Å². The Kier molecular flexibility index (Phi) is 5.13. The SMILES string of the molecule is CC(=O)N1CCC(C(=O)OCc2nc3ccccc3s2)(c2ccccc2)CC1. The molecule has 1 saturated heterocycles. The summed E-state index contributed by atoms with van der Waals surface area (Å²) in [6.07, 6.45) is 1.13. The minimum atomic E-state index is -0.718. The van der Waals surface area contributed by atoms with Crippen LogP contribution in [0.1, 0.15) is 30.3 Å². The number of benzene rings is 2. The predicted octanol–water partition coefficient (Wildman–Crippen LogP) is 3.92. The number of likely N-dealkylation sites (tertiary alicyclic amines) is 1. The highest BCUT2D eigenvalue weighted by molar-refractivity contribution is 7.18. The predicted molar refractivity (Wildman–Crippen MR) is 109 cm³/mol. The summed E-state index contributed by atoms with van der Waals surface area (Å²) in [4.78, 5) is 31.3. The number of aromatic nitrogens is 1. The standard InChI is InChI=1S/C22H22N2O3S/c1-16(25)24-13-11-22(12-14-24,17-7-3-2-4-8-17)21(26)27-15-20-23-18-9-5-6-10-19(18)28-20/h2-10H,11-15H2,1H3. The molecule has 2 aromatic carbocycles. The van der Waals surface area contributed by atoms with Crippen LogP contribution in [0.4, 0.5) is 0 Å². The Balaban J connectivity index is 1.54. The molecule has 144 valence electrons. The number of amides is 1. The highest BCUT2D eigenvalue weighted by atomic mass is 32.1. The van der Waals surface area contributed by atoms with Crippen molar-refractivity contribution in [3.05, 3.63) is 65.2 Å². The molecule has 0 atom stereocenters. The van der Waals surface area contributed by atoms with Crippen LogP contribution >= 0.6 is 11.3 Å². The zero-order chi connectivity index (χ0) is 19.6. The van der Waals surface area contributed by atoms with E-state index in [1.165, 1.54) is 0 Å². The number of carbonyl (C=O) groups excluding carboxylic acids is 2. The fraction of sp³-hybridized carbons (Fsp3) is 0.318. The molecule has 1 fully saturated rings. The number of piperidine rings is 1. The second-order valence-corrected chi connectivity index (χ2v) is 8.22. The minimum Gasteiger partial charge on any atom is -0.458 e. The maximum Gasteiger partial charge on any atom is 0.317 e. The zero-order valence-corrected chi connectivity index (χ0v) is 16.6. The summed E-state index contributed by atoms with van der Waals surface area (Å²) in [6, 6.07) is 17.7. The first kappa shape index (κ1) is 18.6. The second-order valence-electron chi connectivity index (χ2n) is 7.11. The monoisotopic (exact) mass is 394 g/mol. The summed E-state index contributed by atoms with van der Waals surface area (Å²) in [5.41, 5.74) is 1.16. The van der Waals surface area contributed by atoms with Crippen molar-refractivity contribution in [3.8, 4) is 0 Å². The fourth-order valence-corrected chi connectivity index (χ4v) is 4.70. The molecule has 0 saturated carbocycles. The first-order chi connectivity index (χ1) is 13.6. The van der Waals surface area contributed by atoms with Gasteiger partial charge >= 0.3 is 5.97 Å². The first-order valence-corrected chi connectivity index (χ1v) is 10.2. The van der Waals surface area contributed by atoms with Crippen LogP contribution in [-0.4, -0.2) is 34.8 Å². The summed E-state index contributed by atoms with van der Waals surface area (Å²) < 4.78 is 6.84. The third-order valence-corrected chi connectivity index (χ3v) is 6.45. The van der Waals surface area contributed by atoms with Crippen LogP contribution in [0.3, 0.4) is 0 Å². The maximum absolute atomic E-state index is 13.2. The molecule has 28 heavy (non-hydrogen) atoms. The number of para-hydroxylation sites is 1. The van der Waals surface area contributed by atoms with E-state index in [2.05, 4.69) is 4.98 Å². The summed E-state index contributed by atoms with van der Waals surface area (Å²) in [6.45, 7) is 2.85. The molecule has 3 aromatic rings. The van der Waals surface area contributed by atoms with Crippen LogP contribution in [0.5, 0.6) is 0 Å². The molecule has 1 amide bonds. The Hall–Kier alpha value is -2.73. The molecule has 4 rings (SSSR count). The first-order valence-electron chi connectivity index (χ1n) is 9.41. The Morgan fingerprint density at radius 1 is 1.07 bits per heavy atom. The van der Waals surface area contributed by atoms with Gasteiger partial charge in [-0.1, -0.05) is 42.5 Å². The summed E-state index contributed by atoms with van der Waals surface area (Å²) in [5, 5.41) is 0.791.